The van der Waals surface area contributed by atoms with Crippen molar-refractivity contribution < 1.29 is 19.7 Å². The first kappa shape index (κ1) is 18.2. The van der Waals surface area contributed by atoms with Gasteiger partial charge in [0.15, 0.2) is 0 Å². The minimum Gasteiger partial charge on any atom is -0.491 e. The van der Waals surface area contributed by atoms with Crippen molar-refractivity contribution in [2.24, 2.45) is 0 Å². The zero-order chi connectivity index (χ0) is 18.4. The second kappa shape index (κ2) is 8.69. The summed E-state index contributed by atoms with van der Waals surface area (Å²) in [6, 6.07) is 16.5. The van der Waals surface area contributed by atoms with E-state index in [2.05, 4.69) is 9.80 Å². The zero-order valence-corrected chi connectivity index (χ0v) is 14.6. The highest BCUT2D eigenvalue weighted by atomic mass is 16.5. The van der Waals surface area contributed by atoms with E-state index in [4.69, 9.17) is 4.74 Å². The van der Waals surface area contributed by atoms with Crippen LogP contribution in [0, 0.1) is 0 Å². The van der Waals surface area contributed by atoms with Crippen molar-refractivity contribution in [1.29, 1.82) is 0 Å². The molecule has 0 amide bonds. The summed E-state index contributed by atoms with van der Waals surface area (Å²) >= 11 is 0. The maximum Gasteiger partial charge on any atom is 0.337 e. The molecule has 3 rings (SSSR count). The molecule has 0 radical (unpaired) electrons. The Balaban J connectivity index is 1.47. The molecule has 2 aromatic rings. The first-order valence-corrected chi connectivity index (χ1v) is 8.79. The van der Waals surface area contributed by atoms with E-state index >= 15 is 0 Å². The molecule has 1 heterocycles. The quantitative estimate of drug-likeness (QED) is 0.790. The number of aromatic carboxylic acids is 1. The number of benzene rings is 2. The van der Waals surface area contributed by atoms with Crippen molar-refractivity contribution >= 4 is 11.7 Å². The third-order valence-corrected chi connectivity index (χ3v) is 4.50. The molecule has 26 heavy (non-hydrogen) atoms. The summed E-state index contributed by atoms with van der Waals surface area (Å²) in [6.45, 7) is 3.81. The topological polar surface area (TPSA) is 73.2 Å². The largest absolute Gasteiger partial charge is 0.491 e. The van der Waals surface area contributed by atoms with Gasteiger partial charge in [0, 0.05) is 32.7 Å². The lowest BCUT2D eigenvalue weighted by atomic mass is 10.1. The first-order chi connectivity index (χ1) is 12.6. The Morgan fingerprint density at radius 1 is 1.00 bits per heavy atom. The number of hydrogen-bond acceptors (Lipinski definition) is 5. The van der Waals surface area contributed by atoms with Crippen LogP contribution in [0.25, 0.3) is 0 Å². The van der Waals surface area contributed by atoms with Crippen LogP contribution in [0.15, 0.2) is 54.6 Å². The fraction of sp³-hybridized carbons (Fsp3) is 0.350. The van der Waals surface area contributed by atoms with Gasteiger partial charge in [-0.25, -0.2) is 4.79 Å². The number of para-hydroxylation sites is 2. The Morgan fingerprint density at radius 2 is 1.65 bits per heavy atom. The van der Waals surface area contributed by atoms with Crippen LogP contribution in [0.2, 0.25) is 0 Å². The van der Waals surface area contributed by atoms with E-state index in [0.29, 0.717) is 12.1 Å². The molecule has 1 unspecified atom stereocenters. The standard InChI is InChI=1S/C20H24N2O4/c23-16(15-26-17-6-2-1-3-7-17)14-21-10-12-22(13-11-21)19-9-5-4-8-18(19)20(24)25/h1-9,16,23H,10-15H2,(H,24,25). The van der Waals surface area contributed by atoms with Crippen LogP contribution >= 0.6 is 0 Å². The molecule has 6 heteroatoms. The lowest BCUT2D eigenvalue weighted by Gasteiger charge is -2.37. The van der Waals surface area contributed by atoms with Crippen molar-refractivity contribution in [1.82, 2.24) is 4.90 Å². The van der Waals surface area contributed by atoms with Gasteiger partial charge < -0.3 is 19.8 Å². The maximum atomic E-state index is 11.4. The molecule has 138 valence electrons. The number of aliphatic hydroxyl groups is 1. The zero-order valence-electron chi connectivity index (χ0n) is 14.6. The molecule has 1 atom stereocenters. The third-order valence-electron chi connectivity index (χ3n) is 4.50. The lowest BCUT2D eigenvalue weighted by Crippen LogP contribution is -2.49. The normalized spacial score (nSPS) is 16.3. The van der Waals surface area contributed by atoms with E-state index in [1.807, 2.05) is 42.5 Å². The minimum atomic E-state index is -0.906. The van der Waals surface area contributed by atoms with Crippen molar-refractivity contribution in [2.75, 3.05) is 44.2 Å². The van der Waals surface area contributed by atoms with Gasteiger partial charge >= 0.3 is 5.97 Å². The summed E-state index contributed by atoms with van der Waals surface area (Å²) in [6.07, 6.45) is -0.562. The van der Waals surface area contributed by atoms with Crippen molar-refractivity contribution in [3.8, 4) is 5.75 Å². The molecule has 0 aliphatic carbocycles. The van der Waals surface area contributed by atoms with Crippen LogP contribution in [0.5, 0.6) is 5.75 Å². The summed E-state index contributed by atoms with van der Waals surface area (Å²) < 4.78 is 5.59. The molecular formula is C20H24N2O4. The average molecular weight is 356 g/mol. The van der Waals surface area contributed by atoms with Gasteiger partial charge in [-0.3, -0.25) is 4.90 Å². The van der Waals surface area contributed by atoms with Gasteiger partial charge in [-0.15, -0.1) is 0 Å². The van der Waals surface area contributed by atoms with Crippen LogP contribution in [0.3, 0.4) is 0 Å². The molecule has 6 nitrogen and oxygen atoms in total. The van der Waals surface area contributed by atoms with Gasteiger partial charge in [0.1, 0.15) is 18.5 Å². The summed E-state index contributed by atoms with van der Waals surface area (Å²) in [7, 11) is 0. The molecule has 1 saturated heterocycles. The van der Waals surface area contributed by atoms with Gasteiger partial charge in [0.05, 0.1) is 11.3 Å². The summed E-state index contributed by atoms with van der Waals surface area (Å²) in [5, 5.41) is 19.5. The van der Waals surface area contributed by atoms with E-state index in [1.54, 1.807) is 12.1 Å². The smallest absolute Gasteiger partial charge is 0.337 e. The van der Waals surface area contributed by atoms with Crippen LogP contribution in [0.1, 0.15) is 10.4 Å². The fourth-order valence-electron chi connectivity index (χ4n) is 3.16. The molecule has 2 aromatic carbocycles. The molecular weight excluding hydrogens is 332 g/mol. The van der Waals surface area contributed by atoms with Crippen molar-refractivity contribution in [2.45, 2.75) is 6.10 Å². The van der Waals surface area contributed by atoms with Gasteiger partial charge in [0.2, 0.25) is 0 Å². The SMILES string of the molecule is O=C(O)c1ccccc1N1CCN(CC(O)COc2ccccc2)CC1. The van der Waals surface area contributed by atoms with Gasteiger partial charge in [0.25, 0.3) is 0 Å². The van der Waals surface area contributed by atoms with E-state index in [9.17, 15) is 15.0 Å². The molecule has 1 aliphatic rings. The number of anilines is 1. The van der Waals surface area contributed by atoms with E-state index in [1.165, 1.54) is 0 Å². The van der Waals surface area contributed by atoms with E-state index < -0.39 is 12.1 Å². The van der Waals surface area contributed by atoms with Gasteiger partial charge in [-0.2, -0.15) is 0 Å². The van der Waals surface area contributed by atoms with Crippen LogP contribution in [-0.2, 0) is 0 Å². The lowest BCUT2D eigenvalue weighted by molar-refractivity contribution is 0.0662. The Bertz CT molecular complexity index is 715. The fourth-order valence-corrected chi connectivity index (χ4v) is 3.16. The molecule has 0 saturated carbocycles. The molecule has 0 spiro atoms. The Morgan fingerprint density at radius 3 is 2.35 bits per heavy atom. The molecule has 0 bridgehead atoms. The molecule has 1 fully saturated rings. The van der Waals surface area contributed by atoms with E-state index in [-0.39, 0.29) is 6.61 Å². The maximum absolute atomic E-state index is 11.4. The number of rotatable bonds is 7. The second-order valence-corrected chi connectivity index (χ2v) is 6.39. The number of ether oxygens (including phenoxy) is 1. The number of carboxylic acid groups (broad SMARTS) is 1. The number of β-amino-alcohol motifs (C(OH)–C–C–N with tert-alkyl or cyclic N) is 1. The number of carbonyl (C=O) groups is 1. The van der Waals surface area contributed by atoms with Crippen molar-refractivity contribution in [3.05, 3.63) is 60.2 Å². The Kier molecular flexibility index (Phi) is 6.09. The molecule has 1 aliphatic heterocycles. The number of nitrogens with zero attached hydrogens (tertiary/aromatic N) is 2. The third kappa shape index (κ3) is 4.74. The highest BCUT2D eigenvalue weighted by molar-refractivity contribution is 5.94. The highest BCUT2D eigenvalue weighted by Crippen LogP contribution is 2.22. The number of carboxylic acids is 1. The first-order valence-electron chi connectivity index (χ1n) is 8.79. The minimum absolute atomic E-state index is 0.256. The molecule has 0 aromatic heterocycles. The monoisotopic (exact) mass is 356 g/mol. The molecule has 2 N–H and O–H groups in total. The van der Waals surface area contributed by atoms with E-state index in [0.717, 1.165) is 37.6 Å². The van der Waals surface area contributed by atoms with Crippen LogP contribution in [-0.4, -0.2) is 66.5 Å². The summed E-state index contributed by atoms with van der Waals surface area (Å²) in [5.74, 6) is -0.154. The predicted molar refractivity (Wildman–Crippen MR) is 100.0 cm³/mol. The highest BCUT2D eigenvalue weighted by Gasteiger charge is 2.22. The van der Waals surface area contributed by atoms with Gasteiger partial charge in [-0.05, 0) is 24.3 Å². The van der Waals surface area contributed by atoms with Crippen LogP contribution < -0.4 is 9.64 Å². The summed E-state index contributed by atoms with van der Waals surface area (Å²) in [5.41, 5.74) is 1.09. The number of piperazine rings is 1. The number of hydrogen-bond donors (Lipinski definition) is 2. The average Bonchev–Trinajstić information content (AvgIpc) is 2.68. The Labute approximate surface area is 153 Å². The predicted octanol–water partition coefficient (Wildman–Crippen LogP) is 1.95. The number of aliphatic hydroxyl groups excluding tert-OH is 1. The Hall–Kier alpha value is -2.57. The summed E-state index contributed by atoms with van der Waals surface area (Å²) in [4.78, 5) is 15.6. The van der Waals surface area contributed by atoms with Crippen LogP contribution in [0.4, 0.5) is 5.69 Å². The van der Waals surface area contributed by atoms with Gasteiger partial charge in [-0.1, -0.05) is 30.3 Å². The van der Waals surface area contributed by atoms with Crippen molar-refractivity contribution in [3.63, 3.8) is 0 Å². The second-order valence-electron chi connectivity index (χ2n) is 6.39.